The molecule has 0 atom stereocenters. The maximum Gasteiger partial charge on any atom is 0.224 e. The highest BCUT2D eigenvalue weighted by molar-refractivity contribution is 5.90. The van der Waals surface area contributed by atoms with Crippen LogP contribution in [0.1, 0.15) is 26.1 Å². The van der Waals surface area contributed by atoms with Crippen molar-refractivity contribution in [1.82, 2.24) is 19.8 Å². The Morgan fingerprint density at radius 3 is 2.52 bits per heavy atom. The van der Waals surface area contributed by atoms with Crippen LogP contribution < -0.4 is 15.0 Å². The zero-order valence-electron chi connectivity index (χ0n) is 15.8. The molecule has 2 aromatic heterocycles. The van der Waals surface area contributed by atoms with Crippen molar-refractivity contribution in [2.45, 2.75) is 26.7 Å². The van der Waals surface area contributed by atoms with E-state index < -0.39 is 0 Å². The molecule has 27 heavy (non-hydrogen) atoms. The Morgan fingerprint density at radius 2 is 1.85 bits per heavy atom. The van der Waals surface area contributed by atoms with Crippen LogP contribution in [0.3, 0.4) is 0 Å². The van der Waals surface area contributed by atoms with E-state index in [0.29, 0.717) is 24.3 Å². The van der Waals surface area contributed by atoms with Crippen molar-refractivity contribution in [3.05, 3.63) is 42.2 Å². The van der Waals surface area contributed by atoms with Crippen LogP contribution in [0.2, 0.25) is 0 Å². The van der Waals surface area contributed by atoms with Crippen LogP contribution >= 0.6 is 0 Å². The molecule has 1 aromatic carbocycles. The Morgan fingerprint density at radius 1 is 1.11 bits per heavy atom. The van der Waals surface area contributed by atoms with Gasteiger partial charge in [-0.25, -0.2) is 0 Å². The summed E-state index contributed by atoms with van der Waals surface area (Å²) >= 11 is 0. The molecule has 0 spiro atoms. The normalized spacial score (nSPS) is 10.8. The van der Waals surface area contributed by atoms with E-state index in [4.69, 9.17) is 4.74 Å². The van der Waals surface area contributed by atoms with E-state index in [-0.39, 0.29) is 5.91 Å². The Hall–Kier alpha value is -3.16. The molecule has 0 saturated carbocycles. The molecule has 142 valence electrons. The third kappa shape index (κ3) is 4.33. The number of nitrogens with one attached hydrogen (secondary N) is 1. The minimum atomic E-state index is -0.0863. The first kappa shape index (κ1) is 18.6. The summed E-state index contributed by atoms with van der Waals surface area (Å²) in [6, 6.07) is 11.1. The highest BCUT2D eigenvalue weighted by atomic mass is 16.5. The molecule has 0 unspecified atom stereocenters. The number of benzene rings is 1. The summed E-state index contributed by atoms with van der Waals surface area (Å²) in [7, 11) is 1.61. The number of carbonyl (C=O) groups is 1. The molecule has 0 aliphatic rings. The molecular weight excluding hydrogens is 344 g/mol. The Labute approximate surface area is 158 Å². The molecule has 1 N–H and O–H groups in total. The van der Waals surface area contributed by atoms with Gasteiger partial charge < -0.3 is 15.0 Å². The molecule has 0 saturated heterocycles. The van der Waals surface area contributed by atoms with Crippen molar-refractivity contribution in [3.8, 4) is 5.75 Å². The van der Waals surface area contributed by atoms with Gasteiger partial charge in [-0.2, -0.15) is 4.52 Å². The van der Waals surface area contributed by atoms with Crippen LogP contribution in [-0.4, -0.2) is 45.9 Å². The summed E-state index contributed by atoms with van der Waals surface area (Å²) in [6.07, 6.45) is 0.752. The first-order chi connectivity index (χ1) is 13.1. The van der Waals surface area contributed by atoms with E-state index >= 15 is 0 Å². The van der Waals surface area contributed by atoms with Crippen molar-refractivity contribution in [3.63, 3.8) is 0 Å². The maximum absolute atomic E-state index is 12.2. The summed E-state index contributed by atoms with van der Waals surface area (Å²) in [5.41, 5.74) is 1.41. The van der Waals surface area contributed by atoms with Crippen LogP contribution in [0.25, 0.3) is 5.65 Å². The smallest absolute Gasteiger partial charge is 0.224 e. The lowest BCUT2D eigenvalue weighted by Crippen LogP contribution is -2.23. The topological polar surface area (TPSA) is 84.7 Å². The third-order valence-corrected chi connectivity index (χ3v) is 4.35. The molecule has 3 aromatic rings. The van der Waals surface area contributed by atoms with E-state index in [2.05, 4.69) is 39.4 Å². The monoisotopic (exact) mass is 368 g/mol. The summed E-state index contributed by atoms with van der Waals surface area (Å²) in [6.45, 7) is 5.92. The average molecular weight is 368 g/mol. The zero-order chi connectivity index (χ0) is 19.2. The zero-order valence-corrected chi connectivity index (χ0v) is 15.8. The van der Waals surface area contributed by atoms with Gasteiger partial charge >= 0.3 is 0 Å². The summed E-state index contributed by atoms with van der Waals surface area (Å²) < 4.78 is 6.83. The molecule has 0 aliphatic heterocycles. The van der Waals surface area contributed by atoms with Crippen LogP contribution in [0.5, 0.6) is 5.75 Å². The number of fused-ring (bicyclic) bond motifs is 1. The number of methoxy groups -OCH3 is 1. The molecule has 0 bridgehead atoms. The molecule has 0 aliphatic carbocycles. The highest BCUT2D eigenvalue weighted by Crippen LogP contribution is 2.16. The number of amides is 1. The lowest BCUT2D eigenvalue weighted by molar-refractivity contribution is -0.116. The summed E-state index contributed by atoms with van der Waals surface area (Å²) in [5.74, 6) is 2.20. The van der Waals surface area contributed by atoms with E-state index in [1.807, 2.05) is 12.1 Å². The van der Waals surface area contributed by atoms with Crippen molar-refractivity contribution in [2.75, 3.05) is 30.4 Å². The maximum atomic E-state index is 12.2. The van der Waals surface area contributed by atoms with Gasteiger partial charge in [0.1, 0.15) is 11.6 Å². The first-order valence-electron chi connectivity index (χ1n) is 9.04. The predicted octanol–water partition coefficient (Wildman–Crippen LogP) is 2.55. The van der Waals surface area contributed by atoms with Gasteiger partial charge in [-0.1, -0.05) is 0 Å². The van der Waals surface area contributed by atoms with E-state index in [9.17, 15) is 4.79 Å². The molecule has 8 heteroatoms. The van der Waals surface area contributed by atoms with Crippen LogP contribution in [0.4, 0.5) is 11.5 Å². The summed E-state index contributed by atoms with van der Waals surface area (Å²) in [4.78, 5) is 14.4. The lowest BCUT2D eigenvalue weighted by Gasteiger charge is -2.19. The van der Waals surface area contributed by atoms with Crippen LogP contribution in [0.15, 0.2) is 36.4 Å². The second kappa shape index (κ2) is 8.48. The largest absolute Gasteiger partial charge is 0.497 e. The van der Waals surface area contributed by atoms with Gasteiger partial charge in [-0.05, 0) is 50.2 Å². The quantitative estimate of drug-likeness (QED) is 0.658. The number of rotatable bonds is 8. The highest BCUT2D eigenvalue weighted by Gasteiger charge is 2.12. The Kier molecular flexibility index (Phi) is 5.85. The van der Waals surface area contributed by atoms with Crippen molar-refractivity contribution >= 4 is 23.1 Å². The Bertz CT molecular complexity index is 902. The average Bonchev–Trinajstić information content (AvgIpc) is 3.10. The van der Waals surface area contributed by atoms with Crippen LogP contribution in [0, 0.1) is 0 Å². The first-order valence-corrected chi connectivity index (χ1v) is 9.04. The van der Waals surface area contributed by atoms with E-state index in [0.717, 1.165) is 30.3 Å². The number of aryl methyl sites for hydroxylation is 1. The van der Waals surface area contributed by atoms with Crippen molar-refractivity contribution in [2.24, 2.45) is 0 Å². The number of ether oxygens (including phenoxy) is 1. The van der Waals surface area contributed by atoms with Gasteiger partial charge in [0, 0.05) is 31.6 Å². The van der Waals surface area contributed by atoms with E-state index in [1.54, 1.807) is 35.9 Å². The number of aromatic nitrogens is 4. The number of nitrogens with zero attached hydrogens (tertiary/aromatic N) is 5. The molecule has 0 fully saturated rings. The summed E-state index contributed by atoms with van der Waals surface area (Å²) in [5, 5.41) is 15.8. The fourth-order valence-electron chi connectivity index (χ4n) is 2.82. The lowest BCUT2D eigenvalue weighted by atomic mass is 10.2. The number of hydrogen-bond donors (Lipinski definition) is 1. The minimum Gasteiger partial charge on any atom is -0.497 e. The molecule has 1 amide bonds. The van der Waals surface area contributed by atoms with E-state index in [1.165, 1.54) is 0 Å². The molecule has 0 radical (unpaired) electrons. The second-order valence-corrected chi connectivity index (χ2v) is 6.03. The Balaban J connectivity index is 1.66. The predicted molar refractivity (Wildman–Crippen MR) is 104 cm³/mol. The second-order valence-electron chi connectivity index (χ2n) is 6.03. The van der Waals surface area contributed by atoms with Gasteiger partial charge in [0.05, 0.1) is 7.11 Å². The van der Waals surface area contributed by atoms with Gasteiger partial charge in [-0.15, -0.1) is 15.3 Å². The van der Waals surface area contributed by atoms with Gasteiger partial charge in [0.25, 0.3) is 0 Å². The molecule has 8 nitrogen and oxygen atoms in total. The standard InChI is InChI=1S/C19H24N6O2/c1-4-24(5-2)18-11-10-16-21-22-17(25(16)23-18)12-13-19(26)20-14-6-8-15(27-3)9-7-14/h6-11H,4-5,12-13H2,1-3H3,(H,20,26). The molecule has 3 rings (SSSR count). The van der Waals surface area contributed by atoms with Crippen molar-refractivity contribution < 1.29 is 9.53 Å². The number of hydrogen-bond acceptors (Lipinski definition) is 6. The number of carbonyl (C=O) groups excluding carboxylic acids is 1. The number of anilines is 2. The van der Waals surface area contributed by atoms with Crippen LogP contribution in [-0.2, 0) is 11.2 Å². The molecule has 2 heterocycles. The van der Waals surface area contributed by atoms with Gasteiger partial charge in [-0.3, -0.25) is 4.79 Å². The SMILES string of the molecule is CCN(CC)c1ccc2nnc(CCC(=O)Nc3ccc(OC)cc3)n2n1. The van der Waals surface area contributed by atoms with Gasteiger partial charge in [0.15, 0.2) is 11.5 Å². The third-order valence-electron chi connectivity index (χ3n) is 4.35. The minimum absolute atomic E-state index is 0.0863. The van der Waals surface area contributed by atoms with Gasteiger partial charge in [0.2, 0.25) is 5.91 Å². The fraction of sp³-hybridized carbons (Fsp3) is 0.368. The fourth-order valence-corrected chi connectivity index (χ4v) is 2.82. The van der Waals surface area contributed by atoms with Crippen molar-refractivity contribution in [1.29, 1.82) is 0 Å². The molecular formula is C19H24N6O2.